The van der Waals surface area contributed by atoms with Gasteiger partial charge in [-0.05, 0) is 48.6 Å². The second-order valence-corrected chi connectivity index (χ2v) is 6.09. The van der Waals surface area contributed by atoms with Gasteiger partial charge in [0, 0.05) is 22.5 Å². The summed E-state index contributed by atoms with van der Waals surface area (Å²) < 4.78 is 2.47. The number of halogens is 3. The van der Waals surface area contributed by atoms with Gasteiger partial charge in [0.05, 0.1) is 15.7 Å². The molecule has 0 aliphatic rings. The van der Waals surface area contributed by atoms with Crippen LogP contribution < -0.4 is 0 Å². The van der Waals surface area contributed by atoms with E-state index in [1.165, 1.54) is 0 Å². The predicted octanol–water partition coefficient (Wildman–Crippen LogP) is 6.16. The molecular weight excluding hydrogens is 347 g/mol. The number of aromatic amines is 1. The number of imidazole rings is 1. The molecule has 0 unspecified atom stereocenters. The summed E-state index contributed by atoms with van der Waals surface area (Å²) in [6, 6.07) is 12.9. The third-order valence-electron chi connectivity index (χ3n) is 3.05. The molecule has 2 nitrogen and oxygen atoms in total. The summed E-state index contributed by atoms with van der Waals surface area (Å²) in [5, 5.41) is 1.72. The quantitative estimate of drug-likeness (QED) is 0.546. The molecule has 1 heterocycles. The standard InChI is InChI=1S/C15H9Cl3N2S/c16-10-2-4-11(5-3-10)20-8-14(19-15(20)21)9-1-6-12(17)13(18)7-9/h1-8H,(H,19,21). The highest BCUT2D eigenvalue weighted by molar-refractivity contribution is 7.71. The van der Waals surface area contributed by atoms with E-state index in [0.29, 0.717) is 19.8 Å². The zero-order valence-electron chi connectivity index (χ0n) is 10.6. The highest BCUT2D eigenvalue weighted by Crippen LogP contribution is 2.28. The maximum atomic E-state index is 6.05. The van der Waals surface area contributed by atoms with E-state index >= 15 is 0 Å². The molecule has 1 N–H and O–H groups in total. The van der Waals surface area contributed by atoms with E-state index in [0.717, 1.165) is 16.9 Å². The third-order valence-corrected chi connectivity index (χ3v) is 4.34. The Hall–Kier alpha value is -1.26. The first-order valence-electron chi connectivity index (χ1n) is 6.07. The number of hydrogen-bond donors (Lipinski definition) is 1. The minimum Gasteiger partial charge on any atom is -0.330 e. The molecule has 0 radical (unpaired) electrons. The molecule has 0 atom stereocenters. The number of H-pyrrole nitrogens is 1. The lowest BCUT2D eigenvalue weighted by Crippen LogP contribution is -1.90. The summed E-state index contributed by atoms with van der Waals surface area (Å²) in [5.41, 5.74) is 2.73. The minimum absolute atomic E-state index is 0.507. The van der Waals surface area contributed by atoms with Crippen LogP contribution in [0, 0.1) is 4.77 Å². The normalized spacial score (nSPS) is 10.8. The molecule has 0 amide bonds. The van der Waals surface area contributed by atoms with E-state index in [9.17, 15) is 0 Å². The number of nitrogens with one attached hydrogen (secondary N) is 1. The topological polar surface area (TPSA) is 20.7 Å². The molecule has 0 fully saturated rings. The van der Waals surface area contributed by atoms with Crippen LogP contribution in [0.3, 0.4) is 0 Å². The molecule has 2 aromatic carbocycles. The van der Waals surface area contributed by atoms with E-state index in [1.54, 1.807) is 12.1 Å². The Labute approximate surface area is 141 Å². The summed E-state index contributed by atoms with van der Waals surface area (Å²) in [5.74, 6) is 0. The van der Waals surface area contributed by atoms with Crippen LogP contribution in [0.4, 0.5) is 0 Å². The van der Waals surface area contributed by atoms with Gasteiger partial charge in [0.25, 0.3) is 0 Å². The fourth-order valence-corrected chi connectivity index (χ4v) is 2.69. The lowest BCUT2D eigenvalue weighted by atomic mass is 10.2. The van der Waals surface area contributed by atoms with Gasteiger partial charge in [-0.25, -0.2) is 0 Å². The Kier molecular flexibility index (Phi) is 4.09. The monoisotopic (exact) mass is 354 g/mol. The van der Waals surface area contributed by atoms with E-state index in [-0.39, 0.29) is 0 Å². The average Bonchev–Trinajstić information content (AvgIpc) is 2.85. The highest BCUT2D eigenvalue weighted by Gasteiger charge is 2.07. The second-order valence-electron chi connectivity index (χ2n) is 4.45. The van der Waals surface area contributed by atoms with Crippen molar-refractivity contribution in [3.05, 3.63) is 68.5 Å². The molecule has 3 rings (SSSR count). The highest BCUT2D eigenvalue weighted by atomic mass is 35.5. The smallest absolute Gasteiger partial charge is 0.182 e. The summed E-state index contributed by atoms with van der Waals surface area (Å²) >= 11 is 23.2. The summed E-state index contributed by atoms with van der Waals surface area (Å²) in [4.78, 5) is 3.16. The predicted molar refractivity (Wildman–Crippen MR) is 91.4 cm³/mol. The van der Waals surface area contributed by atoms with Crippen molar-refractivity contribution in [1.29, 1.82) is 0 Å². The average molecular weight is 356 g/mol. The molecule has 1 aromatic heterocycles. The molecule has 106 valence electrons. The maximum absolute atomic E-state index is 6.05. The molecule has 0 aliphatic heterocycles. The summed E-state index contributed by atoms with van der Waals surface area (Å²) in [7, 11) is 0. The van der Waals surface area contributed by atoms with Crippen LogP contribution in [0.25, 0.3) is 16.9 Å². The van der Waals surface area contributed by atoms with E-state index < -0.39 is 0 Å². The van der Waals surface area contributed by atoms with Crippen molar-refractivity contribution in [2.45, 2.75) is 0 Å². The summed E-state index contributed by atoms with van der Waals surface area (Å²) in [6.45, 7) is 0. The Balaban J connectivity index is 2.07. The maximum Gasteiger partial charge on any atom is 0.182 e. The van der Waals surface area contributed by atoms with Gasteiger partial charge >= 0.3 is 0 Å². The van der Waals surface area contributed by atoms with Crippen LogP contribution in [-0.2, 0) is 0 Å². The van der Waals surface area contributed by atoms with Gasteiger partial charge in [0.1, 0.15) is 0 Å². The van der Waals surface area contributed by atoms with Gasteiger partial charge in [-0.3, -0.25) is 4.57 Å². The van der Waals surface area contributed by atoms with Crippen LogP contribution in [0.15, 0.2) is 48.7 Å². The molecule has 0 bridgehead atoms. The van der Waals surface area contributed by atoms with Crippen molar-refractivity contribution in [3.63, 3.8) is 0 Å². The fraction of sp³-hybridized carbons (Fsp3) is 0. The number of rotatable bonds is 2. The van der Waals surface area contributed by atoms with E-state index in [1.807, 2.05) is 41.1 Å². The van der Waals surface area contributed by atoms with Crippen LogP contribution >= 0.6 is 47.0 Å². The van der Waals surface area contributed by atoms with Crippen molar-refractivity contribution < 1.29 is 0 Å². The van der Waals surface area contributed by atoms with Crippen LogP contribution in [0.5, 0.6) is 0 Å². The number of benzene rings is 2. The Morgan fingerprint density at radius 2 is 1.62 bits per heavy atom. The third kappa shape index (κ3) is 3.01. The van der Waals surface area contributed by atoms with Crippen molar-refractivity contribution in [2.75, 3.05) is 0 Å². The fourth-order valence-electron chi connectivity index (χ4n) is 2.00. The Morgan fingerprint density at radius 1 is 0.905 bits per heavy atom. The van der Waals surface area contributed by atoms with Crippen LogP contribution in [-0.4, -0.2) is 9.55 Å². The van der Waals surface area contributed by atoms with Crippen LogP contribution in [0.1, 0.15) is 0 Å². The van der Waals surface area contributed by atoms with Crippen molar-refractivity contribution in [1.82, 2.24) is 9.55 Å². The lowest BCUT2D eigenvalue weighted by Gasteiger charge is -2.02. The molecule has 21 heavy (non-hydrogen) atoms. The molecule has 6 heteroatoms. The van der Waals surface area contributed by atoms with Crippen molar-refractivity contribution in [2.24, 2.45) is 0 Å². The molecule has 0 spiro atoms. The zero-order valence-corrected chi connectivity index (χ0v) is 13.7. The Bertz CT molecular complexity index is 850. The first-order chi connectivity index (χ1) is 10.0. The summed E-state index contributed by atoms with van der Waals surface area (Å²) in [6.07, 6.45) is 1.92. The SMILES string of the molecule is S=c1[nH]c(-c2ccc(Cl)c(Cl)c2)cn1-c1ccc(Cl)cc1. The van der Waals surface area contributed by atoms with Crippen molar-refractivity contribution in [3.8, 4) is 16.9 Å². The van der Waals surface area contributed by atoms with Gasteiger partial charge in [0.15, 0.2) is 4.77 Å². The largest absolute Gasteiger partial charge is 0.330 e. The van der Waals surface area contributed by atoms with Gasteiger partial charge in [-0.15, -0.1) is 0 Å². The lowest BCUT2D eigenvalue weighted by molar-refractivity contribution is 1.03. The Morgan fingerprint density at radius 3 is 2.29 bits per heavy atom. The first-order valence-corrected chi connectivity index (χ1v) is 7.62. The molecule has 0 saturated heterocycles. The van der Waals surface area contributed by atoms with Crippen molar-refractivity contribution >= 4 is 47.0 Å². The molecule has 0 saturated carbocycles. The number of aromatic nitrogens is 2. The zero-order chi connectivity index (χ0) is 15.0. The van der Waals surface area contributed by atoms with Gasteiger partial charge in [-0.1, -0.05) is 40.9 Å². The first kappa shape index (κ1) is 14.7. The van der Waals surface area contributed by atoms with Gasteiger partial charge in [-0.2, -0.15) is 0 Å². The minimum atomic E-state index is 0.507. The number of nitrogens with zero attached hydrogens (tertiary/aromatic N) is 1. The second kappa shape index (κ2) is 5.85. The van der Waals surface area contributed by atoms with Crippen LogP contribution in [0.2, 0.25) is 15.1 Å². The molecule has 3 aromatic rings. The molecule has 0 aliphatic carbocycles. The van der Waals surface area contributed by atoms with E-state index in [4.69, 9.17) is 47.0 Å². The van der Waals surface area contributed by atoms with E-state index in [2.05, 4.69) is 4.98 Å². The number of hydrogen-bond acceptors (Lipinski definition) is 1. The van der Waals surface area contributed by atoms with Gasteiger partial charge < -0.3 is 4.98 Å². The van der Waals surface area contributed by atoms with Gasteiger partial charge in [0.2, 0.25) is 0 Å². The molecular formula is C15H9Cl3N2S.